The van der Waals surface area contributed by atoms with Crippen molar-refractivity contribution in [2.45, 2.75) is 25.8 Å². The maximum Gasteiger partial charge on any atom is 0.270 e. The number of nitrogens with zero attached hydrogens (tertiary/aromatic N) is 2. The summed E-state index contributed by atoms with van der Waals surface area (Å²) in [7, 11) is 0. The minimum Gasteiger partial charge on any atom is -0.348 e. The topological polar surface area (TPSA) is 45.2 Å². The number of hydrogen-bond donors (Lipinski definition) is 1. The summed E-state index contributed by atoms with van der Waals surface area (Å²) in [4.78, 5) is 18.4. The minimum absolute atomic E-state index is 0.132. The fourth-order valence-electron chi connectivity index (χ4n) is 2.19. The molecule has 1 N–H and O–H groups in total. The van der Waals surface area contributed by atoms with E-state index in [0.29, 0.717) is 10.8 Å². The minimum atomic E-state index is -0.132. The van der Waals surface area contributed by atoms with E-state index in [1.54, 1.807) is 18.2 Å². The van der Waals surface area contributed by atoms with Gasteiger partial charge in [0.25, 0.3) is 5.91 Å². The van der Waals surface area contributed by atoms with Crippen molar-refractivity contribution in [3.05, 3.63) is 29.0 Å². The molecule has 18 heavy (non-hydrogen) atoms. The zero-order valence-corrected chi connectivity index (χ0v) is 11.3. The molecule has 1 fully saturated rings. The molecule has 1 aliphatic rings. The van der Waals surface area contributed by atoms with E-state index in [2.05, 4.69) is 22.1 Å². The molecule has 0 bridgehead atoms. The lowest BCUT2D eigenvalue weighted by molar-refractivity contribution is 0.0907. The van der Waals surface area contributed by atoms with Crippen molar-refractivity contribution in [3.8, 4) is 0 Å². The number of pyridine rings is 1. The van der Waals surface area contributed by atoms with Gasteiger partial charge in [-0.15, -0.1) is 0 Å². The molecule has 0 aromatic carbocycles. The Morgan fingerprint density at radius 2 is 2.22 bits per heavy atom. The van der Waals surface area contributed by atoms with E-state index in [1.807, 2.05) is 0 Å². The maximum atomic E-state index is 12.0. The van der Waals surface area contributed by atoms with Gasteiger partial charge in [-0.3, -0.25) is 4.79 Å². The number of likely N-dealkylation sites (tertiary alicyclic amines) is 1. The first-order valence-electron chi connectivity index (χ1n) is 6.35. The van der Waals surface area contributed by atoms with E-state index < -0.39 is 0 Å². The van der Waals surface area contributed by atoms with Gasteiger partial charge in [0, 0.05) is 19.1 Å². The summed E-state index contributed by atoms with van der Waals surface area (Å²) in [5.74, 6) is -0.132. The van der Waals surface area contributed by atoms with Crippen LogP contribution < -0.4 is 5.32 Å². The summed E-state index contributed by atoms with van der Waals surface area (Å²) >= 11 is 5.77. The van der Waals surface area contributed by atoms with Crippen molar-refractivity contribution in [2.75, 3.05) is 19.6 Å². The number of carbonyl (C=O) groups excluding carboxylic acids is 1. The Hall–Kier alpha value is -1.13. The second kappa shape index (κ2) is 6.16. The molecular formula is C13H18ClN3O. The Bertz CT molecular complexity index is 416. The lowest BCUT2D eigenvalue weighted by Crippen LogP contribution is -2.44. The highest BCUT2D eigenvalue weighted by Gasteiger charge is 2.20. The SMILES string of the molecule is CCN1CCC(NC(=O)c2cccc(Cl)n2)CC1. The largest absolute Gasteiger partial charge is 0.348 e. The molecule has 1 aromatic rings. The molecule has 1 aromatic heterocycles. The number of nitrogens with one attached hydrogen (secondary N) is 1. The van der Waals surface area contributed by atoms with Crippen molar-refractivity contribution < 1.29 is 4.79 Å². The molecule has 0 atom stereocenters. The van der Waals surface area contributed by atoms with Gasteiger partial charge in [0.05, 0.1) is 0 Å². The monoisotopic (exact) mass is 267 g/mol. The van der Waals surface area contributed by atoms with Crippen LogP contribution in [0.15, 0.2) is 18.2 Å². The van der Waals surface area contributed by atoms with Crippen LogP contribution in [0.5, 0.6) is 0 Å². The summed E-state index contributed by atoms with van der Waals surface area (Å²) < 4.78 is 0. The van der Waals surface area contributed by atoms with Gasteiger partial charge < -0.3 is 10.2 Å². The molecule has 0 aliphatic carbocycles. The first-order chi connectivity index (χ1) is 8.69. The van der Waals surface area contributed by atoms with E-state index in [1.165, 1.54) is 0 Å². The normalized spacial score (nSPS) is 17.7. The number of piperidine rings is 1. The molecule has 98 valence electrons. The Morgan fingerprint density at radius 1 is 1.50 bits per heavy atom. The predicted molar refractivity (Wildman–Crippen MR) is 71.8 cm³/mol. The first-order valence-corrected chi connectivity index (χ1v) is 6.72. The third-order valence-corrected chi connectivity index (χ3v) is 3.53. The molecule has 2 heterocycles. The van der Waals surface area contributed by atoms with Crippen LogP contribution in [0.2, 0.25) is 5.15 Å². The quantitative estimate of drug-likeness (QED) is 0.852. The van der Waals surface area contributed by atoms with Crippen molar-refractivity contribution in [1.29, 1.82) is 0 Å². The highest BCUT2D eigenvalue weighted by atomic mass is 35.5. The fraction of sp³-hybridized carbons (Fsp3) is 0.538. The van der Waals surface area contributed by atoms with Crippen LogP contribution >= 0.6 is 11.6 Å². The van der Waals surface area contributed by atoms with Gasteiger partial charge in [-0.2, -0.15) is 0 Å². The van der Waals surface area contributed by atoms with E-state index in [9.17, 15) is 4.79 Å². The third kappa shape index (κ3) is 3.43. The zero-order chi connectivity index (χ0) is 13.0. The smallest absolute Gasteiger partial charge is 0.270 e. The van der Waals surface area contributed by atoms with Crippen LogP contribution in [0.4, 0.5) is 0 Å². The first kappa shape index (κ1) is 13.3. The number of hydrogen-bond acceptors (Lipinski definition) is 3. The molecule has 2 rings (SSSR count). The van der Waals surface area contributed by atoms with Gasteiger partial charge in [0.15, 0.2) is 0 Å². The van der Waals surface area contributed by atoms with Gasteiger partial charge in [0.2, 0.25) is 0 Å². The molecule has 0 spiro atoms. The highest BCUT2D eigenvalue weighted by molar-refractivity contribution is 6.29. The molecule has 1 amide bonds. The lowest BCUT2D eigenvalue weighted by atomic mass is 10.0. The molecular weight excluding hydrogens is 250 g/mol. The summed E-state index contributed by atoms with van der Waals surface area (Å²) in [5.41, 5.74) is 0.389. The number of aromatic nitrogens is 1. The second-order valence-corrected chi connectivity index (χ2v) is 4.91. The number of halogens is 1. The van der Waals surface area contributed by atoms with Crippen LogP contribution in [0.3, 0.4) is 0 Å². The van der Waals surface area contributed by atoms with Gasteiger partial charge in [0.1, 0.15) is 10.8 Å². The predicted octanol–water partition coefficient (Wildman–Crippen LogP) is 1.95. The van der Waals surface area contributed by atoms with Gasteiger partial charge in [-0.1, -0.05) is 24.6 Å². The Labute approximate surface area is 112 Å². The standard InChI is InChI=1S/C13H18ClN3O/c1-2-17-8-6-10(7-9-17)15-13(18)11-4-3-5-12(14)16-11/h3-5,10H,2,6-9H2,1H3,(H,15,18). The van der Waals surface area contributed by atoms with E-state index >= 15 is 0 Å². The van der Waals surface area contributed by atoms with Crippen molar-refractivity contribution in [2.24, 2.45) is 0 Å². The van der Waals surface area contributed by atoms with E-state index in [-0.39, 0.29) is 11.9 Å². The van der Waals surface area contributed by atoms with Crippen LogP contribution in [0.25, 0.3) is 0 Å². The van der Waals surface area contributed by atoms with Gasteiger partial charge >= 0.3 is 0 Å². The molecule has 1 saturated heterocycles. The second-order valence-electron chi connectivity index (χ2n) is 4.53. The van der Waals surface area contributed by atoms with Crippen molar-refractivity contribution in [3.63, 3.8) is 0 Å². The van der Waals surface area contributed by atoms with Crippen LogP contribution in [-0.2, 0) is 0 Å². The zero-order valence-electron chi connectivity index (χ0n) is 10.5. The van der Waals surface area contributed by atoms with Crippen LogP contribution in [0, 0.1) is 0 Å². The highest BCUT2D eigenvalue weighted by Crippen LogP contribution is 2.11. The molecule has 0 saturated carbocycles. The Morgan fingerprint density at radius 3 is 2.83 bits per heavy atom. The van der Waals surface area contributed by atoms with Crippen LogP contribution in [-0.4, -0.2) is 41.5 Å². The molecule has 4 nitrogen and oxygen atoms in total. The average Bonchev–Trinajstić information content (AvgIpc) is 2.39. The number of carbonyl (C=O) groups is 1. The average molecular weight is 268 g/mol. The van der Waals surface area contributed by atoms with Gasteiger partial charge in [-0.05, 0) is 31.5 Å². The summed E-state index contributed by atoms with van der Waals surface area (Å²) in [6, 6.07) is 5.34. The van der Waals surface area contributed by atoms with Gasteiger partial charge in [-0.25, -0.2) is 4.98 Å². The van der Waals surface area contributed by atoms with E-state index in [0.717, 1.165) is 32.5 Å². The summed E-state index contributed by atoms with van der Waals surface area (Å²) in [6.07, 6.45) is 2.00. The molecule has 5 heteroatoms. The van der Waals surface area contributed by atoms with Crippen molar-refractivity contribution in [1.82, 2.24) is 15.2 Å². The Kier molecular flexibility index (Phi) is 4.55. The summed E-state index contributed by atoms with van der Waals surface area (Å²) in [5, 5.41) is 3.37. The molecule has 1 aliphatic heterocycles. The van der Waals surface area contributed by atoms with Crippen LogP contribution in [0.1, 0.15) is 30.3 Å². The summed E-state index contributed by atoms with van der Waals surface area (Å²) in [6.45, 7) is 5.33. The lowest BCUT2D eigenvalue weighted by Gasteiger charge is -2.31. The van der Waals surface area contributed by atoms with Crippen molar-refractivity contribution >= 4 is 17.5 Å². The van der Waals surface area contributed by atoms with E-state index in [4.69, 9.17) is 11.6 Å². The molecule has 0 radical (unpaired) electrons. The molecule has 0 unspecified atom stereocenters. The number of amides is 1. The number of rotatable bonds is 3. The third-order valence-electron chi connectivity index (χ3n) is 3.32. The Balaban J connectivity index is 1.89. The fourth-order valence-corrected chi connectivity index (χ4v) is 2.35. The maximum absolute atomic E-state index is 12.0.